The maximum Gasteiger partial charge on any atom is 0.330 e. The van der Waals surface area contributed by atoms with Crippen LogP contribution < -0.4 is 16.6 Å². The van der Waals surface area contributed by atoms with E-state index in [2.05, 4.69) is 29.4 Å². The largest absolute Gasteiger partial charge is 0.330 e. The van der Waals surface area contributed by atoms with Crippen molar-refractivity contribution in [3.63, 3.8) is 0 Å². The molecule has 0 fully saturated rings. The summed E-state index contributed by atoms with van der Waals surface area (Å²) in [6.45, 7) is 2.11. The molecule has 2 heterocycles. The second-order valence-corrected chi connectivity index (χ2v) is 8.34. The SMILES string of the molecule is CC1=CC=C(c2csc(NC(=O)Cc3cccc4c3c(=O)n(C)c(=O)n4C)n2)CC1. The maximum absolute atomic E-state index is 12.7. The number of nitrogens with zero attached hydrogens (tertiary/aromatic N) is 3. The Kier molecular flexibility index (Phi) is 5.26. The van der Waals surface area contributed by atoms with Crippen LogP contribution in [0.3, 0.4) is 0 Å². The van der Waals surface area contributed by atoms with Crippen molar-refractivity contribution in [3.8, 4) is 0 Å². The van der Waals surface area contributed by atoms with E-state index >= 15 is 0 Å². The molecule has 2 aromatic heterocycles. The zero-order valence-corrected chi connectivity index (χ0v) is 17.9. The van der Waals surface area contributed by atoms with Crippen molar-refractivity contribution < 1.29 is 4.79 Å². The Balaban J connectivity index is 1.58. The van der Waals surface area contributed by atoms with Crippen LogP contribution in [0.25, 0.3) is 16.5 Å². The lowest BCUT2D eigenvalue weighted by atomic mass is 9.98. The fourth-order valence-corrected chi connectivity index (χ4v) is 4.36. The van der Waals surface area contributed by atoms with E-state index in [1.807, 2.05) is 5.38 Å². The Morgan fingerprint density at radius 1 is 1.17 bits per heavy atom. The zero-order valence-electron chi connectivity index (χ0n) is 17.1. The van der Waals surface area contributed by atoms with Gasteiger partial charge in [-0.2, -0.15) is 0 Å². The highest BCUT2D eigenvalue weighted by atomic mass is 32.1. The summed E-state index contributed by atoms with van der Waals surface area (Å²) in [6, 6.07) is 5.19. The second-order valence-electron chi connectivity index (χ2n) is 7.48. The molecular weight excluding hydrogens is 400 g/mol. The number of hydrogen-bond acceptors (Lipinski definition) is 5. The summed E-state index contributed by atoms with van der Waals surface area (Å²) < 4.78 is 2.48. The van der Waals surface area contributed by atoms with Crippen LogP contribution in [-0.4, -0.2) is 20.0 Å². The van der Waals surface area contributed by atoms with E-state index in [-0.39, 0.29) is 12.3 Å². The van der Waals surface area contributed by atoms with E-state index < -0.39 is 11.2 Å². The summed E-state index contributed by atoms with van der Waals surface area (Å²) >= 11 is 1.38. The molecule has 0 bridgehead atoms. The molecule has 0 aliphatic heterocycles. The van der Waals surface area contributed by atoms with E-state index in [0.717, 1.165) is 28.7 Å². The van der Waals surface area contributed by atoms with Crippen LogP contribution in [0.15, 0.2) is 50.9 Å². The fourth-order valence-electron chi connectivity index (χ4n) is 3.61. The molecule has 1 aliphatic carbocycles. The highest BCUT2D eigenvalue weighted by molar-refractivity contribution is 7.14. The number of anilines is 1. The number of carbonyl (C=O) groups is 1. The van der Waals surface area contributed by atoms with E-state index in [4.69, 9.17) is 0 Å². The number of benzene rings is 1. The molecule has 1 N–H and O–H groups in total. The predicted octanol–water partition coefficient (Wildman–Crippen LogP) is 3.00. The molecule has 30 heavy (non-hydrogen) atoms. The number of allylic oxidation sites excluding steroid dienone is 4. The first-order valence-corrected chi connectivity index (χ1v) is 10.5. The van der Waals surface area contributed by atoms with Gasteiger partial charge in [-0.25, -0.2) is 9.78 Å². The van der Waals surface area contributed by atoms with Gasteiger partial charge in [-0.3, -0.25) is 18.7 Å². The maximum atomic E-state index is 12.7. The van der Waals surface area contributed by atoms with Crippen LogP contribution in [-0.2, 0) is 25.3 Å². The lowest BCUT2D eigenvalue weighted by Crippen LogP contribution is -2.37. The van der Waals surface area contributed by atoms with Gasteiger partial charge in [0.1, 0.15) is 0 Å². The topological polar surface area (TPSA) is 86.0 Å². The number of amides is 1. The molecule has 7 nitrogen and oxygen atoms in total. The summed E-state index contributed by atoms with van der Waals surface area (Å²) in [5.74, 6) is -0.257. The number of nitrogens with one attached hydrogen (secondary N) is 1. The third-order valence-corrected chi connectivity index (χ3v) is 6.13. The Morgan fingerprint density at radius 2 is 1.97 bits per heavy atom. The smallest absolute Gasteiger partial charge is 0.302 e. The van der Waals surface area contributed by atoms with Gasteiger partial charge >= 0.3 is 5.69 Å². The van der Waals surface area contributed by atoms with E-state index in [0.29, 0.717) is 21.6 Å². The van der Waals surface area contributed by atoms with Crippen LogP contribution in [0, 0.1) is 0 Å². The van der Waals surface area contributed by atoms with Crippen LogP contribution in [0.2, 0.25) is 0 Å². The Labute approximate surface area is 177 Å². The molecule has 3 aromatic rings. The number of thiazole rings is 1. The van der Waals surface area contributed by atoms with E-state index in [9.17, 15) is 14.4 Å². The molecule has 154 valence electrons. The molecule has 0 atom stereocenters. The second kappa shape index (κ2) is 7.87. The normalized spacial score (nSPS) is 13.8. The number of aryl methyl sites for hydroxylation is 1. The number of hydrogen-bond donors (Lipinski definition) is 1. The lowest BCUT2D eigenvalue weighted by Gasteiger charge is -2.11. The molecule has 4 rings (SSSR count). The quantitative estimate of drug-likeness (QED) is 0.700. The number of rotatable bonds is 4. The van der Waals surface area contributed by atoms with Crippen molar-refractivity contribution in [2.45, 2.75) is 26.2 Å². The predicted molar refractivity (Wildman–Crippen MR) is 120 cm³/mol. The van der Waals surface area contributed by atoms with Gasteiger partial charge in [-0.15, -0.1) is 11.3 Å². The van der Waals surface area contributed by atoms with Crippen molar-refractivity contribution >= 4 is 38.9 Å². The fraction of sp³-hybridized carbons (Fsp3) is 0.273. The molecule has 1 aromatic carbocycles. The third kappa shape index (κ3) is 3.66. The highest BCUT2D eigenvalue weighted by Crippen LogP contribution is 2.29. The average Bonchev–Trinajstić information content (AvgIpc) is 3.19. The summed E-state index contributed by atoms with van der Waals surface area (Å²) in [6.07, 6.45) is 6.16. The molecular formula is C22H22N4O3S. The highest BCUT2D eigenvalue weighted by Gasteiger charge is 2.16. The van der Waals surface area contributed by atoms with Gasteiger partial charge < -0.3 is 5.32 Å². The number of carbonyl (C=O) groups excluding carboxylic acids is 1. The van der Waals surface area contributed by atoms with Crippen molar-refractivity contribution in [1.82, 2.24) is 14.1 Å². The first kappa shape index (κ1) is 20.0. The summed E-state index contributed by atoms with van der Waals surface area (Å²) in [7, 11) is 3.05. The van der Waals surface area contributed by atoms with Gasteiger partial charge in [0.2, 0.25) is 5.91 Å². The molecule has 0 saturated carbocycles. The van der Waals surface area contributed by atoms with Gasteiger partial charge in [-0.1, -0.05) is 29.9 Å². The Hall–Kier alpha value is -3.26. The van der Waals surface area contributed by atoms with Gasteiger partial charge in [0.25, 0.3) is 5.56 Å². The van der Waals surface area contributed by atoms with Crippen molar-refractivity contribution in [3.05, 3.63) is 73.4 Å². The van der Waals surface area contributed by atoms with Gasteiger partial charge in [0, 0.05) is 19.5 Å². The first-order valence-electron chi connectivity index (χ1n) is 9.65. The monoisotopic (exact) mass is 422 g/mol. The first-order chi connectivity index (χ1) is 14.3. The summed E-state index contributed by atoms with van der Waals surface area (Å²) in [4.78, 5) is 42.0. The van der Waals surface area contributed by atoms with E-state index in [1.165, 1.54) is 28.5 Å². The number of fused-ring (bicyclic) bond motifs is 1. The molecule has 0 radical (unpaired) electrons. The third-order valence-electron chi connectivity index (χ3n) is 5.37. The Bertz CT molecular complexity index is 1340. The minimum Gasteiger partial charge on any atom is -0.302 e. The standard InChI is InChI=1S/C22H22N4O3S/c1-13-7-9-14(10-8-13)16-12-30-21(23-16)24-18(27)11-15-5-4-6-17-19(15)20(28)26(3)22(29)25(17)2/h4-7,9,12H,8,10-11H2,1-3H3,(H,23,24,27). The summed E-state index contributed by atoms with van der Waals surface area (Å²) in [5, 5.41) is 5.69. The molecule has 8 heteroatoms. The van der Waals surface area contributed by atoms with Gasteiger partial charge in [0.05, 0.1) is 23.0 Å². The van der Waals surface area contributed by atoms with Crippen molar-refractivity contribution in [2.75, 3.05) is 5.32 Å². The van der Waals surface area contributed by atoms with Gasteiger partial charge in [-0.05, 0) is 37.0 Å². The number of aromatic nitrogens is 3. The summed E-state index contributed by atoms with van der Waals surface area (Å²) in [5.41, 5.74) is 3.68. The average molecular weight is 423 g/mol. The van der Waals surface area contributed by atoms with Crippen molar-refractivity contribution in [1.29, 1.82) is 0 Å². The minimum atomic E-state index is -0.402. The minimum absolute atomic E-state index is 0.0182. The van der Waals surface area contributed by atoms with Crippen molar-refractivity contribution in [2.24, 2.45) is 14.1 Å². The van der Waals surface area contributed by atoms with Crippen LogP contribution in [0.4, 0.5) is 5.13 Å². The zero-order chi connectivity index (χ0) is 21.4. The molecule has 0 saturated heterocycles. The molecule has 0 unspecified atom stereocenters. The molecule has 1 aliphatic rings. The Morgan fingerprint density at radius 3 is 2.70 bits per heavy atom. The van der Waals surface area contributed by atoms with Crippen LogP contribution in [0.5, 0.6) is 0 Å². The van der Waals surface area contributed by atoms with E-state index in [1.54, 1.807) is 25.2 Å². The van der Waals surface area contributed by atoms with Crippen LogP contribution >= 0.6 is 11.3 Å². The van der Waals surface area contributed by atoms with Crippen LogP contribution in [0.1, 0.15) is 31.0 Å². The molecule has 1 amide bonds. The molecule has 0 spiro atoms. The lowest BCUT2D eigenvalue weighted by molar-refractivity contribution is -0.115. The van der Waals surface area contributed by atoms with Gasteiger partial charge in [0.15, 0.2) is 5.13 Å².